The second-order valence-corrected chi connectivity index (χ2v) is 4.72. The van der Waals surface area contributed by atoms with Gasteiger partial charge in [-0.25, -0.2) is 0 Å². The van der Waals surface area contributed by atoms with Gasteiger partial charge in [0, 0.05) is 0 Å². The second kappa shape index (κ2) is 5.17. The third-order valence-electron chi connectivity index (χ3n) is 3.38. The van der Waals surface area contributed by atoms with E-state index in [0.29, 0.717) is 6.54 Å². The van der Waals surface area contributed by atoms with Crippen LogP contribution in [0.1, 0.15) is 5.56 Å². The van der Waals surface area contributed by atoms with Crippen molar-refractivity contribution in [1.29, 1.82) is 0 Å². The number of hydrogen-bond acceptors (Lipinski definition) is 3. The number of hydrazone groups is 1. The molecule has 0 saturated carbocycles. The highest BCUT2D eigenvalue weighted by molar-refractivity contribution is 6.14. The van der Waals surface area contributed by atoms with E-state index in [-0.39, 0.29) is 11.8 Å². The van der Waals surface area contributed by atoms with E-state index < -0.39 is 0 Å². The van der Waals surface area contributed by atoms with Crippen LogP contribution in [-0.4, -0.2) is 18.2 Å². The number of primary amides is 1. The van der Waals surface area contributed by atoms with Gasteiger partial charge < -0.3 is 5.73 Å². The first-order valence-corrected chi connectivity index (χ1v) is 6.51. The number of carbonyl (C=O) groups excluding carboxylic acids is 1. The fourth-order valence-corrected chi connectivity index (χ4v) is 2.36. The average Bonchev–Trinajstić information content (AvgIpc) is 2.94. The molecule has 1 unspecified atom stereocenters. The number of benzene rings is 2. The van der Waals surface area contributed by atoms with Crippen LogP contribution >= 0.6 is 0 Å². The summed E-state index contributed by atoms with van der Waals surface area (Å²) in [6, 6.07) is 19.5. The number of para-hydroxylation sites is 1. The van der Waals surface area contributed by atoms with E-state index in [9.17, 15) is 4.79 Å². The highest BCUT2D eigenvalue weighted by Gasteiger charge is 2.32. The standard InChI is InChI=1S/C16H15N3O/c17-16(20)14-11-19(13-9-5-2-6-10-13)18-15(14)12-7-3-1-4-8-12/h1-10,14H,11H2,(H2,17,20). The first-order chi connectivity index (χ1) is 9.75. The Morgan fingerprint density at radius 1 is 1.05 bits per heavy atom. The van der Waals surface area contributed by atoms with Gasteiger partial charge in [0.1, 0.15) is 5.92 Å². The van der Waals surface area contributed by atoms with E-state index in [0.717, 1.165) is 17.0 Å². The van der Waals surface area contributed by atoms with Crippen LogP contribution in [0.2, 0.25) is 0 Å². The Morgan fingerprint density at radius 2 is 1.65 bits per heavy atom. The summed E-state index contributed by atoms with van der Waals surface area (Å²) in [4.78, 5) is 11.7. The van der Waals surface area contributed by atoms with Gasteiger partial charge in [0.2, 0.25) is 5.91 Å². The molecule has 1 heterocycles. The molecular weight excluding hydrogens is 250 g/mol. The van der Waals surface area contributed by atoms with Gasteiger partial charge in [0.15, 0.2) is 0 Å². The molecule has 4 nitrogen and oxygen atoms in total. The molecule has 0 saturated heterocycles. The average molecular weight is 265 g/mol. The summed E-state index contributed by atoms with van der Waals surface area (Å²) in [6.45, 7) is 0.490. The summed E-state index contributed by atoms with van der Waals surface area (Å²) in [5, 5.41) is 6.41. The van der Waals surface area contributed by atoms with E-state index in [2.05, 4.69) is 5.10 Å². The first-order valence-electron chi connectivity index (χ1n) is 6.51. The maximum absolute atomic E-state index is 11.7. The lowest BCUT2D eigenvalue weighted by Crippen LogP contribution is -2.32. The molecule has 3 rings (SSSR count). The van der Waals surface area contributed by atoms with Crippen molar-refractivity contribution >= 4 is 17.3 Å². The largest absolute Gasteiger partial charge is 0.369 e. The maximum Gasteiger partial charge on any atom is 0.228 e. The predicted octanol–water partition coefficient (Wildman–Crippen LogP) is 2.01. The Kier molecular flexibility index (Phi) is 3.21. The van der Waals surface area contributed by atoms with E-state index in [1.807, 2.05) is 65.7 Å². The Hall–Kier alpha value is -2.62. The number of amides is 1. The van der Waals surface area contributed by atoms with Crippen molar-refractivity contribution < 1.29 is 4.79 Å². The van der Waals surface area contributed by atoms with Gasteiger partial charge in [0.25, 0.3) is 0 Å². The van der Waals surface area contributed by atoms with Gasteiger partial charge in [-0.1, -0.05) is 48.5 Å². The first kappa shape index (κ1) is 12.4. The number of rotatable bonds is 3. The molecule has 1 aliphatic rings. The monoisotopic (exact) mass is 265 g/mol. The number of nitrogens with two attached hydrogens (primary N) is 1. The van der Waals surface area contributed by atoms with Crippen LogP contribution in [0.4, 0.5) is 5.69 Å². The minimum atomic E-state index is -0.377. The Balaban J connectivity index is 1.98. The van der Waals surface area contributed by atoms with Crippen LogP contribution in [0.3, 0.4) is 0 Å². The van der Waals surface area contributed by atoms with Crippen LogP contribution in [0, 0.1) is 5.92 Å². The van der Waals surface area contributed by atoms with Crippen LogP contribution in [0.5, 0.6) is 0 Å². The van der Waals surface area contributed by atoms with Crippen LogP contribution in [0.25, 0.3) is 0 Å². The number of hydrogen-bond donors (Lipinski definition) is 1. The van der Waals surface area contributed by atoms with Crippen LogP contribution in [0.15, 0.2) is 65.8 Å². The molecule has 1 atom stereocenters. The molecule has 2 N–H and O–H groups in total. The minimum absolute atomic E-state index is 0.342. The highest BCUT2D eigenvalue weighted by atomic mass is 16.1. The lowest BCUT2D eigenvalue weighted by Gasteiger charge is -2.14. The summed E-state index contributed by atoms with van der Waals surface area (Å²) < 4.78 is 0. The molecule has 1 aliphatic heterocycles. The molecule has 2 aromatic rings. The summed E-state index contributed by atoms with van der Waals surface area (Å²) in [6.07, 6.45) is 0. The zero-order chi connectivity index (χ0) is 13.9. The number of anilines is 1. The van der Waals surface area contributed by atoms with Gasteiger partial charge in [-0.2, -0.15) is 5.10 Å². The fourth-order valence-electron chi connectivity index (χ4n) is 2.36. The second-order valence-electron chi connectivity index (χ2n) is 4.72. The Bertz CT molecular complexity index is 637. The van der Waals surface area contributed by atoms with Crippen molar-refractivity contribution in [2.24, 2.45) is 16.8 Å². The normalized spacial score (nSPS) is 17.9. The molecule has 4 heteroatoms. The van der Waals surface area contributed by atoms with Crippen molar-refractivity contribution in [3.8, 4) is 0 Å². The maximum atomic E-state index is 11.7. The fraction of sp³-hybridized carbons (Fsp3) is 0.125. The van der Waals surface area contributed by atoms with Gasteiger partial charge in [-0.15, -0.1) is 0 Å². The van der Waals surface area contributed by atoms with Gasteiger partial charge in [0.05, 0.1) is 17.9 Å². The number of nitrogens with zero attached hydrogens (tertiary/aromatic N) is 2. The molecule has 0 aliphatic carbocycles. The van der Waals surface area contributed by atoms with E-state index in [1.54, 1.807) is 0 Å². The molecule has 0 bridgehead atoms. The molecule has 0 aromatic heterocycles. The Labute approximate surface area is 117 Å². The minimum Gasteiger partial charge on any atom is -0.369 e. The smallest absolute Gasteiger partial charge is 0.228 e. The molecule has 2 aromatic carbocycles. The van der Waals surface area contributed by atoms with Gasteiger partial charge in [-0.05, 0) is 17.7 Å². The zero-order valence-electron chi connectivity index (χ0n) is 10.9. The molecule has 0 fully saturated rings. The van der Waals surface area contributed by atoms with Crippen molar-refractivity contribution in [3.05, 3.63) is 66.2 Å². The van der Waals surface area contributed by atoms with E-state index in [1.165, 1.54) is 0 Å². The molecule has 1 amide bonds. The number of carbonyl (C=O) groups is 1. The van der Waals surface area contributed by atoms with Gasteiger partial charge in [-0.3, -0.25) is 9.80 Å². The van der Waals surface area contributed by atoms with Crippen molar-refractivity contribution in [2.75, 3.05) is 11.6 Å². The van der Waals surface area contributed by atoms with E-state index >= 15 is 0 Å². The molecule has 100 valence electrons. The lowest BCUT2D eigenvalue weighted by molar-refractivity contribution is -0.119. The third kappa shape index (κ3) is 2.28. The summed E-state index contributed by atoms with van der Waals surface area (Å²) in [5.41, 5.74) is 8.16. The Morgan fingerprint density at radius 3 is 2.25 bits per heavy atom. The van der Waals surface area contributed by atoms with Crippen molar-refractivity contribution in [2.45, 2.75) is 0 Å². The van der Waals surface area contributed by atoms with E-state index in [4.69, 9.17) is 5.73 Å². The summed E-state index contributed by atoms with van der Waals surface area (Å²) in [7, 11) is 0. The van der Waals surface area contributed by atoms with Gasteiger partial charge >= 0.3 is 0 Å². The predicted molar refractivity (Wildman–Crippen MR) is 79.5 cm³/mol. The van der Waals surface area contributed by atoms with Crippen molar-refractivity contribution in [1.82, 2.24) is 0 Å². The highest BCUT2D eigenvalue weighted by Crippen LogP contribution is 2.24. The molecule has 0 spiro atoms. The molecule has 0 radical (unpaired) electrons. The van der Waals surface area contributed by atoms with Crippen LogP contribution < -0.4 is 10.7 Å². The lowest BCUT2D eigenvalue weighted by atomic mass is 9.97. The molecule has 20 heavy (non-hydrogen) atoms. The summed E-state index contributed by atoms with van der Waals surface area (Å²) in [5.74, 6) is -0.719. The zero-order valence-corrected chi connectivity index (χ0v) is 10.9. The van der Waals surface area contributed by atoms with Crippen molar-refractivity contribution in [3.63, 3.8) is 0 Å². The SMILES string of the molecule is NC(=O)C1CN(c2ccccc2)N=C1c1ccccc1. The molecular formula is C16H15N3O. The topological polar surface area (TPSA) is 58.7 Å². The third-order valence-corrected chi connectivity index (χ3v) is 3.38. The summed E-state index contributed by atoms with van der Waals surface area (Å²) >= 11 is 0. The quantitative estimate of drug-likeness (QED) is 0.923. The van der Waals surface area contributed by atoms with Crippen LogP contribution in [-0.2, 0) is 4.79 Å².